The number of benzene rings is 1. The van der Waals surface area contributed by atoms with Crippen LogP contribution in [-0.2, 0) is 6.54 Å². The van der Waals surface area contributed by atoms with Crippen molar-refractivity contribution in [1.82, 2.24) is 9.96 Å². The van der Waals surface area contributed by atoms with Crippen LogP contribution in [0.25, 0.3) is 0 Å². The van der Waals surface area contributed by atoms with Gasteiger partial charge in [0.2, 0.25) is 0 Å². The highest BCUT2D eigenvalue weighted by Crippen LogP contribution is 2.07. The van der Waals surface area contributed by atoms with E-state index >= 15 is 0 Å². The van der Waals surface area contributed by atoms with Crippen molar-refractivity contribution in [3.63, 3.8) is 0 Å². The molecule has 1 aromatic carbocycles. The second kappa shape index (κ2) is 4.91. The topological polar surface area (TPSA) is 43.8 Å². The minimum absolute atomic E-state index is 0.0149. The highest BCUT2D eigenvalue weighted by molar-refractivity contribution is 5.93. The summed E-state index contributed by atoms with van der Waals surface area (Å²) >= 11 is 0. The highest BCUT2D eigenvalue weighted by Gasteiger charge is 2.07. The molecule has 0 aromatic heterocycles. The van der Waals surface area contributed by atoms with E-state index in [4.69, 9.17) is 5.21 Å². The van der Waals surface area contributed by atoms with Crippen molar-refractivity contribution >= 4 is 5.91 Å². The minimum Gasteiger partial charge on any atom is -0.345 e. The van der Waals surface area contributed by atoms with Crippen LogP contribution in [0.1, 0.15) is 15.9 Å². The number of amides is 1. The lowest BCUT2D eigenvalue weighted by atomic mass is 10.1. The maximum atomic E-state index is 11.5. The summed E-state index contributed by atoms with van der Waals surface area (Å²) in [4.78, 5) is 13.1. The average Bonchev–Trinajstić information content (AvgIpc) is 2.17. The fourth-order valence-corrected chi connectivity index (χ4v) is 1.28. The van der Waals surface area contributed by atoms with Gasteiger partial charge in [-0.25, -0.2) is 0 Å². The zero-order valence-electron chi connectivity index (χ0n) is 9.27. The molecule has 15 heavy (non-hydrogen) atoms. The Labute approximate surface area is 89.7 Å². The molecule has 0 spiro atoms. The standard InChI is InChI=1S/C11H16N2O2/c1-12(2)11(14)10-6-4-9(5-7-10)8-13(3)15/h4-7,15H,8H2,1-3H3. The van der Waals surface area contributed by atoms with Crippen molar-refractivity contribution < 1.29 is 10.0 Å². The fraction of sp³-hybridized carbons (Fsp3) is 0.364. The van der Waals surface area contributed by atoms with E-state index < -0.39 is 0 Å². The van der Waals surface area contributed by atoms with E-state index in [0.29, 0.717) is 12.1 Å². The first-order chi connectivity index (χ1) is 7.00. The number of rotatable bonds is 3. The molecule has 0 heterocycles. The normalized spacial score (nSPS) is 10.5. The van der Waals surface area contributed by atoms with Crippen LogP contribution in [0.15, 0.2) is 24.3 Å². The summed E-state index contributed by atoms with van der Waals surface area (Å²) in [6, 6.07) is 7.20. The van der Waals surface area contributed by atoms with Gasteiger partial charge >= 0.3 is 0 Å². The summed E-state index contributed by atoms with van der Waals surface area (Å²) in [6.07, 6.45) is 0. The molecule has 0 saturated heterocycles. The molecule has 0 aliphatic carbocycles. The fourth-order valence-electron chi connectivity index (χ4n) is 1.28. The Morgan fingerprint density at radius 3 is 2.13 bits per heavy atom. The van der Waals surface area contributed by atoms with Crippen molar-refractivity contribution in [1.29, 1.82) is 0 Å². The number of nitrogens with zero attached hydrogens (tertiary/aromatic N) is 2. The molecule has 0 bridgehead atoms. The second-order valence-electron chi connectivity index (χ2n) is 3.71. The first-order valence-corrected chi connectivity index (χ1v) is 4.71. The number of hydroxylamine groups is 2. The van der Waals surface area contributed by atoms with E-state index in [2.05, 4.69) is 0 Å². The predicted octanol–water partition coefficient (Wildman–Crippen LogP) is 1.21. The molecular formula is C11H16N2O2. The van der Waals surface area contributed by atoms with Gasteiger partial charge in [0.25, 0.3) is 5.91 Å². The molecule has 4 heteroatoms. The third-order valence-electron chi connectivity index (χ3n) is 2.02. The van der Waals surface area contributed by atoms with Crippen LogP contribution in [0, 0.1) is 0 Å². The van der Waals surface area contributed by atoms with E-state index in [-0.39, 0.29) is 5.91 Å². The summed E-state index contributed by atoms with van der Waals surface area (Å²) in [7, 11) is 5.02. The molecule has 0 atom stereocenters. The van der Waals surface area contributed by atoms with Crippen LogP contribution in [-0.4, -0.2) is 42.2 Å². The molecule has 1 N–H and O–H groups in total. The average molecular weight is 208 g/mol. The Hall–Kier alpha value is -1.39. The molecule has 1 rings (SSSR count). The van der Waals surface area contributed by atoms with E-state index in [0.717, 1.165) is 10.6 Å². The SMILES string of the molecule is CN(O)Cc1ccc(C(=O)N(C)C)cc1. The van der Waals surface area contributed by atoms with Gasteiger partial charge in [0.1, 0.15) is 0 Å². The van der Waals surface area contributed by atoms with Crippen molar-refractivity contribution in [3.05, 3.63) is 35.4 Å². The molecule has 1 amide bonds. The third-order valence-corrected chi connectivity index (χ3v) is 2.02. The first kappa shape index (κ1) is 11.7. The molecule has 0 unspecified atom stereocenters. The summed E-state index contributed by atoms with van der Waals surface area (Å²) in [6.45, 7) is 0.455. The highest BCUT2D eigenvalue weighted by atomic mass is 16.5. The monoisotopic (exact) mass is 208 g/mol. The molecule has 0 fully saturated rings. The molecule has 0 aliphatic heterocycles. The van der Waals surface area contributed by atoms with Gasteiger partial charge in [-0.05, 0) is 17.7 Å². The van der Waals surface area contributed by atoms with Crippen LogP contribution in [0.3, 0.4) is 0 Å². The molecule has 0 aliphatic rings. The smallest absolute Gasteiger partial charge is 0.253 e. The Bertz CT molecular complexity index is 331. The zero-order valence-corrected chi connectivity index (χ0v) is 9.27. The van der Waals surface area contributed by atoms with E-state index in [1.807, 2.05) is 12.1 Å². The van der Waals surface area contributed by atoms with Gasteiger partial charge in [0.15, 0.2) is 0 Å². The lowest BCUT2D eigenvalue weighted by Gasteiger charge is -2.11. The van der Waals surface area contributed by atoms with E-state index in [1.165, 1.54) is 4.90 Å². The Morgan fingerprint density at radius 1 is 1.20 bits per heavy atom. The quantitative estimate of drug-likeness (QED) is 0.759. The van der Waals surface area contributed by atoms with Crippen LogP contribution >= 0.6 is 0 Å². The van der Waals surface area contributed by atoms with Gasteiger partial charge in [-0.2, -0.15) is 5.06 Å². The van der Waals surface area contributed by atoms with Gasteiger partial charge in [0.05, 0.1) is 0 Å². The van der Waals surface area contributed by atoms with Gasteiger partial charge in [0, 0.05) is 33.3 Å². The van der Waals surface area contributed by atoms with Gasteiger partial charge < -0.3 is 10.1 Å². The maximum Gasteiger partial charge on any atom is 0.253 e. The number of hydrogen-bond donors (Lipinski definition) is 1. The Morgan fingerprint density at radius 2 is 1.73 bits per heavy atom. The lowest BCUT2D eigenvalue weighted by Crippen LogP contribution is -2.21. The van der Waals surface area contributed by atoms with Crippen LogP contribution in [0.5, 0.6) is 0 Å². The van der Waals surface area contributed by atoms with Crippen molar-refractivity contribution in [2.75, 3.05) is 21.1 Å². The van der Waals surface area contributed by atoms with Crippen LogP contribution in [0.4, 0.5) is 0 Å². The molecule has 0 saturated carbocycles. The lowest BCUT2D eigenvalue weighted by molar-refractivity contribution is -0.0731. The van der Waals surface area contributed by atoms with E-state index in [9.17, 15) is 4.79 Å². The molecule has 4 nitrogen and oxygen atoms in total. The second-order valence-corrected chi connectivity index (χ2v) is 3.71. The number of carbonyl (C=O) groups is 1. The van der Waals surface area contributed by atoms with Crippen molar-refractivity contribution in [2.45, 2.75) is 6.54 Å². The molecular weight excluding hydrogens is 192 g/mol. The molecule has 0 radical (unpaired) electrons. The van der Waals surface area contributed by atoms with Gasteiger partial charge in [-0.3, -0.25) is 4.79 Å². The summed E-state index contributed by atoms with van der Waals surface area (Å²) in [5.41, 5.74) is 1.62. The molecule has 1 aromatic rings. The maximum absolute atomic E-state index is 11.5. The van der Waals surface area contributed by atoms with Gasteiger partial charge in [-0.1, -0.05) is 12.1 Å². The summed E-state index contributed by atoms with van der Waals surface area (Å²) < 4.78 is 0. The zero-order chi connectivity index (χ0) is 11.4. The Kier molecular flexibility index (Phi) is 3.82. The largest absolute Gasteiger partial charge is 0.345 e. The summed E-state index contributed by atoms with van der Waals surface area (Å²) in [5.74, 6) is -0.0149. The van der Waals surface area contributed by atoms with E-state index in [1.54, 1.807) is 33.3 Å². The van der Waals surface area contributed by atoms with Crippen molar-refractivity contribution in [3.8, 4) is 0 Å². The van der Waals surface area contributed by atoms with Crippen LogP contribution in [0.2, 0.25) is 0 Å². The minimum atomic E-state index is -0.0149. The predicted molar refractivity (Wildman–Crippen MR) is 57.7 cm³/mol. The summed E-state index contributed by atoms with van der Waals surface area (Å²) in [5, 5.41) is 10.1. The number of hydrogen-bond acceptors (Lipinski definition) is 3. The van der Waals surface area contributed by atoms with Gasteiger partial charge in [-0.15, -0.1) is 0 Å². The van der Waals surface area contributed by atoms with Crippen LogP contribution < -0.4 is 0 Å². The van der Waals surface area contributed by atoms with Crippen molar-refractivity contribution in [2.24, 2.45) is 0 Å². The third kappa shape index (κ3) is 3.34. The number of carbonyl (C=O) groups excluding carboxylic acids is 1. The Balaban J connectivity index is 2.76. The first-order valence-electron chi connectivity index (χ1n) is 4.71. The molecule has 82 valence electrons.